The Bertz CT molecular complexity index is 368. The van der Waals surface area contributed by atoms with Crippen LogP contribution >= 0.6 is 0 Å². The van der Waals surface area contributed by atoms with E-state index in [4.69, 9.17) is 9.31 Å². The summed E-state index contributed by atoms with van der Waals surface area (Å²) >= 11 is 0. The Kier molecular flexibility index (Phi) is 3.34. The molecule has 4 atom stereocenters. The molecule has 1 heterocycles. The van der Waals surface area contributed by atoms with Crippen molar-refractivity contribution in [3.63, 3.8) is 0 Å². The molecule has 0 aromatic heterocycles. The third-order valence-corrected chi connectivity index (χ3v) is 6.10. The number of hydrogen-bond acceptors (Lipinski definition) is 2. The Morgan fingerprint density at radius 3 is 2.74 bits per heavy atom. The van der Waals surface area contributed by atoms with Crippen LogP contribution in [0, 0.1) is 17.3 Å². The molecule has 3 saturated carbocycles. The second-order valence-corrected chi connectivity index (χ2v) is 7.47. The van der Waals surface area contributed by atoms with E-state index in [2.05, 4.69) is 27.4 Å². The van der Waals surface area contributed by atoms with Crippen LogP contribution in [0.5, 0.6) is 0 Å². The maximum atomic E-state index is 6.37. The van der Waals surface area contributed by atoms with Crippen molar-refractivity contribution in [2.24, 2.45) is 17.3 Å². The predicted molar refractivity (Wildman–Crippen MR) is 79.0 cm³/mol. The van der Waals surface area contributed by atoms with Gasteiger partial charge in [-0.1, -0.05) is 32.8 Å². The van der Waals surface area contributed by atoms with Crippen LogP contribution in [0.2, 0.25) is 6.32 Å². The molecule has 3 heteroatoms. The molecule has 4 unspecified atom stereocenters. The highest BCUT2D eigenvalue weighted by molar-refractivity contribution is 6.45. The molecular weight excluding hydrogens is 235 g/mol. The van der Waals surface area contributed by atoms with Gasteiger partial charge in [0.1, 0.15) is 0 Å². The fourth-order valence-corrected chi connectivity index (χ4v) is 4.68. The summed E-state index contributed by atoms with van der Waals surface area (Å²) in [6.07, 6.45) is 9.39. The summed E-state index contributed by atoms with van der Waals surface area (Å²) < 4.78 is 12.6. The molecule has 4 aliphatic rings. The third kappa shape index (κ3) is 2.01. The molecule has 0 spiro atoms. The van der Waals surface area contributed by atoms with E-state index in [1.165, 1.54) is 25.7 Å². The monoisotopic (exact) mass is 262 g/mol. The summed E-state index contributed by atoms with van der Waals surface area (Å²) in [7, 11) is 0.0370. The first-order valence-electron chi connectivity index (χ1n) is 7.92. The van der Waals surface area contributed by atoms with Crippen LogP contribution in [-0.4, -0.2) is 18.8 Å². The van der Waals surface area contributed by atoms with Crippen molar-refractivity contribution >= 4 is 7.12 Å². The van der Waals surface area contributed by atoms with E-state index in [0.717, 1.165) is 18.7 Å². The van der Waals surface area contributed by atoms with Gasteiger partial charge in [-0.15, -0.1) is 6.58 Å². The van der Waals surface area contributed by atoms with Crippen LogP contribution in [0.15, 0.2) is 12.7 Å². The molecule has 19 heavy (non-hydrogen) atoms. The minimum Gasteiger partial charge on any atom is -0.405 e. The summed E-state index contributed by atoms with van der Waals surface area (Å²) in [6, 6.07) is 0. The van der Waals surface area contributed by atoms with Gasteiger partial charge in [0.05, 0.1) is 11.7 Å². The molecule has 1 aliphatic heterocycles. The maximum absolute atomic E-state index is 6.37. The topological polar surface area (TPSA) is 18.5 Å². The first-order chi connectivity index (χ1) is 8.98. The van der Waals surface area contributed by atoms with Crippen molar-refractivity contribution in [1.82, 2.24) is 0 Å². The van der Waals surface area contributed by atoms with E-state index in [0.29, 0.717) is 17.4 Å². The van der Waals surface area contributed by atoms with Crippen molar-refractivity contribution < 1.29 is 9.31 Å². The van der Waals surface area contributed by atoms with Crippen LogP contribution in [-0.2, 0) is 9.31 Å². The standard InChI is InChI=1S/C16H27BO2/c1-5-6-7-8-9-17-18-14-11-12-10-13(15(12,2)3)16(14,4)19-17/h5,12-14H,1,6-11H2,2-4H3. The summed E-state index contributed by atoms with van der Waals surface area (Å²) in [5.41, 5.74) is 0.424. The lowest BCUT2D eigenvalue weighted by Crippen LogP contribution is -2.65. The van der Waals surface area contributed by atoms with Gasteiger partial charge in [0, 0.05) is 0 Å². The van der Waals surface area contributed by atoms with Crippen molar-refractivity contribution in [2.75, 3.05) is 0 Å². The van der Waals surface area contributed by atoms with Crippen molar-refractivity contribution in [2.45, 2.75) is 70.9 Å². The normalized spacial score (nSPS) is 42.7. The Balaban J connectivity index is 1.59. The lowest BCUT2D eigenvalue weighted by Gasteiger charge is -2.64. The molecule has 4 fully saturated rings. The molecule has 1 saturated heterocycles. The highest BCUT2D eigenvalue weighted by Gasteiger charge is 2.67. The summed E-state index contributed by atoms with van der Waals surface area (Å²) in [5.74, 6) is 1.53. The van der Waals surface area contributed by atoms with Crippen LogP contribution in [0.1, 0.15) is 52.9 Å². The molecule has 2 bridgehead atoms. The van der Waals surface area contributed by atoms with Crippen LogP contribution in [0.4, 0.5) is 0 Å². The van der Waals surface area contributed by atoms with E-state index < -0.39 is 0 Å². The average molecular weight is 262 g/mol. The lowest BCUT2D eigenvalue weighted by atomic mass is 9.43. The van der Waals surface area contributed by atoms with Crippen molar-refractivity contribution in [3.8, 4) is 0 Å². The third-order valence-electron chi connectivity index (χ3n) is 6.10. The SMILES string of the molecule is C=CCCCCB1OC2CC3CC(C3(C)C)C2(C)O1. The Morgan fingerprint density at radius 1 is 1.26 bits per heavy atom. The van der Waals surface area contributed by atoms with E-state index in [1.807, 2.05) is 6.08 Å². The first-order valence-corrected chi connectivity index (χ1v) is 7.92. The van der Waals surface area contributed by atoms with Crippen LogP contribution < -0.4 is 0 Å². The Morgan fingerprint density at radius 2 is 2.05 bits per heavy atom. The zero-order chi connectivity index (χ0) is 13.7. The van der Waals surface area contributed by atoms with Gasteiger partial charge >= 0.3 is 7.12 Å². The highest BCUT2D eigenvalue weighted by atomic mass is 16.7. The van der Waals surface area contributed by atoms with Gasteiger partial charge in [-0.05, 0) is 49.8 Å². The van der Waals surface area contributed by atoms with Gasteiger partial charge in [0.25, 0.3) is 0 Å². The number of allylic oxidation sites excluding steroid dienone is 1. The van der Waals surface area contributed by atoms with Gasteiger partial charge in [-0.2, -0.15) is 0 Å². The van der Waals surface area contributed by atoms with Gasteiger partial charge in [0.15, 0.2) is 0 Å². The van der Waals surface area contributed by atoms with Gasteiger partial charge in [0.2, 0.25) is 0 Å². The van der Waals surface area contributed by atoms with E-state index >= 15 is 0 Å². The summed E-state index contributed by atoms with van der Waals surface area (Å²) in [6.45, 7) is 10.9. The highest BCUT2D eigenvalue weighted by Crippen LogP contribution is 2.65. The molecule has 2 nitrogen and oxygen atoms in total. The van der Waals surface area contributed by atoms with Gasteiger partial charge in [-0.3, -0.25) is 0 Å². The number of unbranched alkanes of at least 4 members (excludes halogenated alkanes) is 2. The minimum absolute atomic E-state index is 0.0264. The zero-order valence-corrected chi connectivity index (χ0v) is 12.7. The first kappa shape index (κ1) is 13.7. The molecule has 0 aromatic carbocycles. The van der Waals surface area contributed by atoms with Gasteiger partial charge < -0.3 is 9.31 Å². The minimum atomic E-state index is -0.0264. The van der Waals surface area contributed by atoms with Gasteiger partial charge in [-0.25, -0.2) is 0 Å². The lowest BCUT2D eigenvalue weighted by molar-refractivity contribution is -0.199. The Hall–Kier alpha value is -0.275. The number of rotatable bonds is 5. The molecule has 0 amide bonds. The average Bonchev–Trinajstić information content (AvgIpc) is 2.70. The number of hydrogen-bond donors (Lipinski definition) is 0. The molecule has 0 N–H and O–H groups in total. The molecule has 0 radical (unpaired) electrons. The summed E-state index contributed by atoms with van der Waals surface area (Å²) in [4.78, 5) is 0. The molecule has 0 aromatic rings. The zero-order valence-electron chi connectivity index (χ0n) is 12.7. The smallest absolute Gasteiger partial charge is 0.405 e. The second-order valence-electron chi connectivity index (χ2n) is 7.47. The Labute approximate surface area is 118 Å². The van der Waals surface area contributed by atoms with E-state index in [1.54, 1.807) is 0 Å². The maximum Gasteiger partial charge on any atom is 0.457 e. The van der Waals surface area contributed by atoms with Crippen molar-refractivity contribution in [3.05, 3.63) is 12.7 Å². The van der Waals surface area contributed by atoms with Crippen molar-refractivity contribution in [1.29, 1.82) is 0 Å². The fraction of sp³-hybridized carbons (Fsp3) is 0.875. The van der Waals surface area contributed by atoms with E-state index in [-0.39, 0.29) is 12.7 Å². The molecular formula is C16H27BO2. The molecule has 4 rings (SSSR count). The van der Waals surface area contributed by atoms with Crippen LogP contribution in [0.25, 0.3) is 0 Å². The summed E-state index contributed by atoms with van der Waals surface area (Å²) in [5, 5.41) is 0. The van der Waals surface area contributed by atoms with E-state index in [9.17, 15) is 0 Å². The predicted octanol–water partition coefficient (Wildman–Crippen LogP) is 4.07. The fourth-order valence-electron chi connectivity index (χ4n) is 4.68. The van der Waals surface area contributed by atoms with Crippen LogP contribution in [0.3, 0.4) is 0 Å². The molecule has 3 aliphatic carbocycles. The quantitative estimate of drug-likeness (QED) is 0.422. The largest absolute Gasteiger partial charge is 0.457 e. The molecule has 106 valence electrons. The second kappa shape index (κ2) is 4.63.